The fourth-order valence-electron chi connectivity index (χ4n) is 3.56. The summed E-state index contributed by atoms with van der Waals surface area (Å²) in [6.45, 7) is 3.55. The van der Waals surface area contributed by atoms with Gasteiger partial charge in [0.05, 0.1) is 6.42 Å². The van der Waals surface area contributed by atoms with E-state index in [0.717, 1.165) is 24.0 Å². The van der Waals surface area contributed by atoms with Gasteiger partial charge >= 0.3 is 0 Å². The summed E-state index contributed by atoms with van der Waals surface area (Å²) >= 11 is 0. The van der Waals surface area contributed by atoms with E-state index in [4.69, 9.17) is 0 Å². The average molecular weight is 330 g/mol. The zero-order chi connectivity index (χ0) is 17.2. The highest BCUT2D eigenvalue weighted by atomic mass is 16.2. The topological polar surface area (TPSA) is 36.1 Å². The van der Waals surface area contributed by atoms with Crippen molar-refractivity contribution in [2.45, 2.75) is 19.8 Å². The second-order valence-corrected chi connectivity index (χ2v) is 6.67. The van der Waals surface area contributed by atoms with E-state index in [0.29, 0.717) is 13.0 Å². The van der Waals surface area contributed by atoms with E-state index < -0.39 is 0 Å². The maximum absolute atomic E-state index is 12.6. The predicted molar refractivity (Wildman–Crippen MR) is 102 cm³/mol. The van der Waals surface area contributed by atoms with Crippen molar-refractivity contribution in [1.82, 2.24) is 9.88 Å². The highest BCUT2D eigenvalue weighted by Crippen LogP contribution is 2.29. The van der Waals surface area contributed by atoms with Gasteiger partial charge in [-0.25, -0.2) is 0 Å². The van der Waals surface area contributed by atoms with Crippen molar-refractivity contribution < 1.29 is 4.79 Å². The number of aromatic nitrogens is 1. The van der Waals surface area contributed by atoms with Gasteiger partial charge < -0.3 is 9.88 Å². The molecule has 1 N–H and O–H groups in total. The smallest absolute Gasteiger partial charge is 0.227 e. The molecule has 1 aliphatic rings. The van der Waals surface area contributed by atoms with Crippen molar-refractivity contribution in [3.8, 4) is 0 Å². The van der Waals surface area contributed by atoms with Gasteiger partial charge in [0.25, 0.3) is 0 Å². The van der Waals surface area contributed by atoms with Crippen LogP contribution in [0.1, 0.15) is 23.1 Å². The second kappa shape index (κ2) is 6.60. The van der Waals surface area contributed by atoms with Gasteiger partial charge in [0.2, 0.25) is 5.91 Å². The van der Waals surface area contributed by atoms with Crippen LogP contribution in [0.4, 0.5) is 0 Å². The van der Waals surface area contributed by atoms with Crippen LogP contribution < -0.4 is 0 Å². The molecule has 3 nitrogen and oxygen atoms in total. The Morgan fingerprint density at radius 1 is 1.12 bits per heavy atom. The zero-order valence-corrected chi connectivity index (χ0v) is 14.5. The average Bonchev–Trinajstić information content (AvgIpc) is 3.08. The van der Waals surface area contributed by atoms with Crippen molar-refractivity contribution in [2.24, 2.45) is 0 Å². The molecule has 0 fully saturated rings. The summed E-state index contributed by atoms with van der Waals surface area (Å²) in [5.41, 5.74) is 6.07. The van der Waals surface area contributed by atoms with Crippen molar-refractivity contribution in [3.63, 3.8) is 0 Å². The van der Waals surface area contributed by atoms with Crippen LogP contribution in [-0.4, -0.2) is 28.9 Å². The monoisotopic (exact) mass is 330 g/mol. The summed E-state index contributed by atoms with van der Waals surface area (Å²) in [7, 11) is 0. The fourth-order valence-corrected chi connectivity index (χ4v) is 3.56. The van der Waals surface area contributed by atoms with Crippen LogP contribution in [0, 0.1) is 6.92 Å². The molecule has 0 saturated heterocycles. The van der Waals surface area contributed by atoms with Crippen LogP contribution in [0.5, 0.6) is 0 Å². The van der Waals surface area contributed by atoms with E-state index in [1.165, 1.54) is 22.1 Å². The van der Waals surface area contributed by atoms with Crippen molar-refractivity contribution >= 4 is 22.4 Å². The molecule has 3 aromatic rings. The Kier molecular flexibility index (Phi) is 4.14. The highest BCUT2D eigenvalue weighted by molar-refractivity contribution is 5.93. The number of H-pyrrole nitrogens is 1. The van der Waals surface area contributed by atoms with Crippen LogP contribution in [-0.2, 0) is 11.2 Å². The molecule has 0 atom stereocenters. The van der Waals surface area contributed by atoms with Crippen LogP contribution in [0.3, 0.4) is 0 Å². The van der Waals surface area contributed by atoms with Gasteiger partial charge in [-0.3, -0.25) is 4.79 Å². The first-order valence-electron chi connectivity index (χ1n) is 8.80. The van der Waals surface area contributed by atoms with Crippen molar-refractivity contribution in [3.05, 3.63) is 77.5 Å². The first-order chi connectivity index (χ1) is 12.2. The lowest BCUT2D eigenvalue weighted by Gasteiger charge is -2.27. The summed E-state index contributed by atoms with van der Waals surface area (Å²) in [5, 5.41) is 1.26. The molecule has 0 unspecified atom stereocenters. The molecule has 2 heterocycles. The molecule has 126 valence electrons. The number of hydrogen-bond acceptors (Lipinski definition) is 1. The van der Waals surface area contributed by atoms with Crippen molar-refractivity contribution in [1.29, 1.82) is 0 Å². The number of hydrogen-bond donors (Lipinski definition) is 1. The lowest BCUT2D eigenvalue weighted by molar-refractivity contribution is -0.130. The molecule has 2 aromatic carbocycles. The third-order valence-corrected chi connectivity index (χ3v) is 5.10. The first-order valence-corrected chi connectivity index (χ1v) is 8.80. The minimum Gasteiger partial charge on any atom is -0.361 e. The quantitative estimate of drug-likeness (QED) is 0.762. The molecule has 1 aromatic heterocycles. The molecule has 25 heavy (non-hydrogen) atoms. The van der Waals surface area contributed by atoms with Gasteiger partial charge in [-0.05, 0) is 36.1 Å². The van der Waals surface area contributed by atoms with Crippen molar-refractivity contribution in [2.75, 3.05) is 13.1 Å². The molecule has 0 saturated carbocycles. The summed E-state index contributed by atoms with van der Waals surface area (Å²) in [4.78, 5) is 17.9. The minimum absolute atomic E-state index is 0.212. The minimum atomic E-state index is 0.212. The lowest BCUT2D eigenvalue weighted by atomic mass is 9.98. The predicted octanol–water partition coefficient (Wildman–Crippen LogP) is 4.33. The molecule has 1 aliphatic heterocycles. The third-order valence-electron chi connectivity index (χ3n) is 5.10. The number of fused-ring (bicyclic) bond motifs is 1. The maximum Gasteiger partial charge on any atom is 0.227 e. The Morgan fingerprint density at radius 3 is 2.72 bits per heavy atom. The Balaban J connectivity index is 1.48. The van der Waals surface area contributed by atoms with Crippen LogP contribution in [0.2, 0.25) is 0 Å². The Bertz CT molecular complexity index is 951. The fraction of sp³-hybridized carbons (Fsp3) is 0.227. The number of nitrogens with one attached hydrogen (secondary N) is 1. The van der Waals surface area contributed by atoms with Crippen LogP contribution in [0.25, 0.3) is 16.5 Å². The summed E-state index contributed by atoms with van der Waals surface area (Å²) in [6.07, 6.45) is 5.68. The summed E-state index contributed by atoms with van der Waals surface area (Å²) in [5.74, 6) is 0.212. The Labute approximate surface area is 148 Å². The molecule has 0 radical (unpaired) electrons. The van der Waals surface area contributed by atoms with Crippen LogP contribution in [0.15, 0.2) is 60.8 Å². The zero-order valence-electron chi connectivity index (χ0n) is 14.5. The standard InChI is InChI=1S/C22H22N2O/c1-16-6-2-3-7-18(16)14-22(25)24-12-10-17(11-13-24)20-15-23-21-9-5-4-8-19(20)21/h2-10,15,23H,11-14H2,1H3. The van der Waals surface area contributed by atoms with E-state index in [9.17, 15) is 4.79 Å². The number of nitrogens with zero attached hydrogens (tertiary/aromatic N) is 1. The largest absolute Gasteiger partial charge is 0.361 e. The molecule has 3 heteroatoms. The molecule has 0 spiro atoms. The van der Waals surface area contributed by atoms with Gasteiger partial charge in [0.15, 0.2) is 0 Å². The van der Waals surface area contributed by atoms with E-state index >= 15 is 0 Å². The Hall–Kier alpha value is -2.81. The highest BCUT2D eigenvalue weighted by Gasteiger charge is 2.19. The van der Waals surface area contributed by atoms with Crippen LogP contribution >= 0.6 is 0 Å². The van der Waals surface area contributed by atoms with Gasteiger partial charge in [0.1, 0.15) is 0 Å². The SMILES string of the molecule is Cc1ccccc1CC(=O)N1CC=C(c2c[nH]c3ccccc23)CC1. The van der Waals surface area contributed by atoms with Gasteiger partial charge in [-0.2, -0.15) is 0 Å². The van der Waals surface area contributed by atoms with Gasteiger partial charge in [0, 0.05) is 35.8 Å². The molecular weight excluding hydrogens is 308 g/mol. The molecule has 4 rings (SSSR count). The molecular formula is C22H22N2O. The number of amides is 1. The van der Waals surface area contributed by atoms with Gasteiger partial charge in [-0.1, -0.05) is 48.5 Å². The number of para-hydroxylation sites is 1. The van der Waals surface area contributed by atoms with E-state index in [2.05, 4.69) is 48.4 Å². The Morgan fingerprint density at radius 2 is 1.92 bits per heavy atom. The summed E-state index contributed by atoms with van der Waals surface area (Å²) in [6, 6.07) is 16.5. The molecule has 0 bridgehead atoms. The number of aryl methyl sites for hydroxylation is 1. The number of carbonyl (C=O) groups excluding carboxylic acids is 1. The van der Waals surface area contributed by atoms with E-state index in [1.807, 2.05) is 29.2 Å². The third kappa shape index (κ3) is 3.10. The molecule has 0 aliphatic carbocycles. The first kappa shape index (κ1) is 15.7. The van der Waals surface area contributed by atoms with E-state index in [1.54, 1.807) is 0 Å². The maximum atomic E-state index is 12.6. The number of carbonyl (C=O) groups is 1. The van der Waals surface area contributed by atoms with Gasteiger partial charge in [-0.15, -0.1) is 0 Å². The number of benzene rings is 2. The molecule has 1 amide bonds. The second-order valence-electron chi connectivity index (χ2n) is 6.67. The number of aromatic amines is 1. The normalized spacial score (nSPS) is 14.6. The number of rotatable bonds is 3. The summed E-state index contributed by atoms with van der Waals surface area (Å²) < 4.78 is 0. The van der Waals surface area contributed by atoms with E-state index in [-0.39, 0.29) is 5.91 Å². The lowest BCUT2D eigenvalue weighted by Crippen LogP contribution is -2.35.